The summed E-state index contributed by atoms with van der Waals surface area (Å²) in [5, 5.41) is 13.7. The van der Waals surface area contributed by atoms with E-state index in [1.165, 1.54) is 11.3 Å². The standard InChI is InChI=1S/C23H22N6OS/c1-4-17(21(30)26-23-28-27-22(31-23)13(2)3)29-18-12-8-5-9-14(18)19-20(29)25-16-11-7-6-10-15(16)24-19/h5-13,17H,4H2,1-3H3,(H,26,28,30). The summed E-state index contributed by atoms with van der Waals surface area (Å²) in [5.41, 5.74) is 4.10. The van der Waals surface area contributed by atoms with Crippen LogP contribution < -0.4 is 5.32 Å². The van der Waals surface area contributed by atoms with Crippen molar-refractivity contribution in [2.45, 2.75) is 39.2 Å². The van der Waals surface area contributed by atoms with Crippen LogP contribution >= 0.6 is 11.3 Å². The summed E-state index contributed by atoms with van der Waals surface area (Å²) in [7, 11) is 0. The van der Waals surface area contributed by atoms with Crippen molar-refractivity contribution >= 4 is 55.5 Å². The van der Waals surface area contributed by atoms with E-state index in [1.807, 2.05) is 60.0 Å². The number of nitrogens with one attached hydrogen (secondary N) is 1. The summed E-state index contributed by atoms with van der Waals surface area (Å²) in [6.07, 6.45) is 0.601. The van der Waals surface area contributed by atoms with Gasteiger partial charge in [-0.25, -0.2) is 9.97 Å². The summed E-state index contributed by atoms with van der Waals surface area (Å²) in [4.78, 5) is 23.1. The van der Waals surface area contributed by atoms with Gasteiger partial charge >= 0.3 is 0 Å². The topological polar surface area (TPSA) is 85.6 Å². The van der Waals surface area contributed by atoms with E-state index in [-0.39, 0.29) is 11.8 Å². The molecule has 1 unspecified atom stereocenters. The molecule has 0 saturated heterocycles. The number of anilines is 1. The Morgan fingerprint density at radius 3 is 2.45 bits per heavy atom. The van der Waals surface area contributed by atoms with Crippen LogP contribution in [0.5, 0.6) is 0 Å². The van der Waals surface area contributed by atoms with Crippen molar-refractivity contribution in [3.63, 3.8) is 0 Å². The first-order chi connectivity index (χ1) is 15.1. The predicted octanol–water partition coefficient (Wildman–Crippen LogP) is 5.30. The molecule has 0 fully saturated rings. The van der Waals surface area contributed by atoms with E-state index in [9.17, 15) is 4.79 Å². The fourth-order valence-corrected chi connectivity index (χ4v) is 4.59. The fraction of sp³-hybridized carbons (Fsp3) is 0.261. The van der Waals surface area contributed by atoms with Crippen LogP contribution in [0.15, 0.2) is 48.5 Å². The second-order valence-corrected chi connectivity index (χ2v) is 8.79. The molecular weight excluding hydrogens is 408 g/mol. The average molecular weight is 431 g/mol. The first-order valence-electron chi connectivity index (χ1n) is 10.4. The maximum absolute atomic E-state index is 13.3. The SMILES string of the molecule is CCC(C(=O)Nc1nnc(C(C)C)s1)n1c2ccccc2c2nc3ccccc3nc21. The quantitative estimate of drug-likeness (QED) is 0.409. The Bertz CT molecular complexity index is 1420. The molecule has 0 bridgehead atoms. The molecule has 0 aliphatic carbocycles. The molecule has 5 aromatic rings. The molecule has 0 aliphatic heterocycles. The Hall–Kier alpha value is -3.39. The first-order valence-corrected chi connectivity index (χ1v) is 11.2. The van der Waals surface area contributed by atoms with Crippen LogP contribution in [0.2, 0.25) is 0 Å². The summed E-state index contributed by atoms with van der Waals surface area (Å²) in [6, 6.07) is 15.4. The van der Waals surface area contributed by atoms with Gasteiger partial charge in [0, 0.05) is 11.3 Å². The number of fused-ring (bicyclic) bond motifs is 4. The maximum atomic E-state index is 13.3. The highest BCUT2D eigenvalue weighted by Crippen LogP contribution is 2.33. The van der Waals surface area contributed by atoms with Crippen molar-refractivity contribution in [1.29, 1.82) is 0 Å². The summed E-state index contributed by atoms with van der Waals surface area (Å²) < 4.78 is 2.00. The molecule has 8 heteroatoms. The van der Waals surface area contributed by atoms with Gasteiger partial charge in [0.25, 0.3) is 0 Å². The Morgan fingerprint density at radius 2 is 1.74 bits per heavy atom. The third-order valence-electron chi connectivity index (χ3n) is 5.36. The average Bonchev–Trinajstić information content (AvgIpc) is 3.36. The largest absolute Gasteiger partial charge is 0.311 e. The van der Waals surface area contributed by atoms with Crippen molar-refractivity contribution in [3.8, 4) is 0 Å². The van der Waals surface area contributed by atoms with Gasteiger partial charge in [-0.1, -0.05) is 62.4 Å². The Morgan fingerprint density at radius 1 is 1.03 bits per heavy atom. The summed E-state index contributed by atoms with van der Waals surface area (Å²) in [5.74, 6) is 0.137. The van der Waals surface area contributed by atoms with Gasteiger partial charge in [0.15, 0.2) is 5.65 Å². The number of hydrogen-bond donors (Lipinski definition) is 1. The molecule has 5 rings (SSSR count). The Balaban J connectivity index is 1.65. The molecule has 0 aliphatic rings. The van der Waals surface area contributed by atoms with E-state index in [1.54, 1.807) is 0 Å². The highest BCUT2D eigenvalue weighted by atomic mass is 32.1. The molecule has 3 heterocycles. The maximum Gasteiger partial charge on any atom is 0.249 e. The van der Waals surface area contributed by atoms with Crippen molar-refractivity contribution < 1.29 is 4.79 Å². The summed E-state index contributed by atoms with van der Waals surface area (Å²) >= 11 is 1.41. The normalized spacial score (nSPS) is 12.8. The van der Waals surface area contributed by atoms with Gasteiger partial charge in [-0.15, -0.1) is 10.2 Å². The van der Waals surface area contributed by atoms with Crippen LogP contribution in [-0.2, 0) is 4.79 Å². The second kappa shape index (κ2) is 7.70. The van der Waals surface area contributed by atoms with E-state index in [0.29, 0.717) is 17.2 Å². The van der Waals surface area contributed by atoms with E-state index in [0.717, 1.165) is 32.5 Å². The number of benzene rings is 2. The third kappa shape index (κ3) is 3.33. The molecule has 1 atom stereocenters. The third-order valence-corrected chi connectivity index (χ3v) is 6.50. The molecule has 0 saturated carbocycles. The second-order valence-electron chi connectivity index (χ2n) is 7.79. The van der Waals surface area contributed by atoms with Crippen LogP contribution in [0.4, 0.5) is 5.13 Å². The highest BCUT2D eigenvalue weighted by Gasteiger charge is 2.26. The van der Waals surface area contributed by atoms with Crippen LogP contribution in [0.1, 0.15) is 44.2 Å². The van der Waals surface area contributed by atoms with Crippen LogP contribution in [-0.4, -0.2) is 30.6 Å². The van der Waals surface area contributed by atoms with Gasteiger partial charge in [0.1, 0.15) is 16.6 Å². The number of carbonyl (C=O) groups excluding carboxylic acids is 1. The number of rotatable bonds is 5. The summed E-state index contributed by atoms with van der Waals surface area (Å²) in [6.45, 7) is 6.11. The Labute approximate surface area is 183 Å². The lowest BCUT2D eigenvalue weighted by molar-refractivity contribution is -0.119. The zero-order chi connectivity index (χ0) is 21.5. The van der Waals surface area contributed by atoms with Crippen molar-refractivity contribution in [1.82, 2.24) is 24.7 Å². The zero-order valence-electron chi connectivity index (χ0n) is 17.5. The monoisotopic (exact) mass is 430 g/mol. The lowest BCUT2D eigenvalue weighted by Gasteiger charge is -2.18. The fourth-order valence-electron chi connectivity index (χ4n) is 3.85. The highest BCUT2D eigenvalue weighted by molar-refractivity contribution is 7.15. The first kappa shape index (κ1) is 19.6. The molecule has 7 nitrogen and oxygen atoms in total. The minimum atomic E-state index is -0.454. The smallest absolute Gasteiger partial charge is 0.249 e. The van der Waals surface area contributed by atoms with Crippen LogP contribution in [0, 0.1) is 0 Å². The van der Waals surface area contributed by atoms with Gasteiger partial charge in [0.2, 0.25) is 11.0 Å². The lowest BCUT2D eigenvalue weighted by Crippen LogP contribution is -2.25. The number of para-hydroxylation sites is 3. The van der Waals surface area contributed by atoms with Crippen molar-refractivity contribution in [2.24, 2.45) is 0 Å². The van der Waals surface area contributed by atoms with E-state index in [2.05, 4.69) is 29.4 Å². The number of nitrogens with zero attached hydrogens (tertiary/aromatic N) is 5. The van der Waals surface area contributed by atoms with E-state index >= 15 is 0 Å². The van der Waals surface area contributed by atoms with Gasteiger partial charge < -0.3 is 4.57 Å². The van der Waals surface area contributed by atoms with Gasteiger partial charge in [-0.3, -0.25) is 10.1 Å². The molecule has 0 radical (unpaired) electrons. The van der Waals surface area contributed by atoms with E-state index < -0.39 is 6.04 Å². The Kier molecular flexibility index (Phi) is 4.86. The molecule has 0 spiro atoms. The number of hydrogen-bond acceptors (Lipinski definition) is 6. The molecule has 1 amide bonds. The zero-order valence-corrected chi connectivity index (χ0v) is 18.3. The minimum Gasteiger partial charge on any atom is -0.311 e. The van der Waals surface area contributed by atoms with Crippen LogP contribution in [0.3, 0.4) is 0 Å². The molecule has 3 aromatic heterocycles. The molecule has 2 aromatic carbocycles. The van der Waals surface area contributed by atoms with E-state index in [4.69, 9.17) is 9.97 Å². The van der Waals surface area contributed by atoms with Gasteiger partial charge in [0.05, 0.1) is 16.6 Å². The molecule has 1 N–H and O–H groups in total. The minimum absolute atomic E-state index is 0.133. The number of aromatic nitrogens is 5. The number of amides is 1. The molecule has 31 heavy (non-hydrogen) atoms. The van der Waals surface area contributed by atoms with Gasteiger partial charge in [-0.05, 0) is 24.6 Å². The number of carbonyl (C=O) groups is 1. The van der Waals surface area contributed by atoms with Gasteiger partial charge in [-0.2, -0.15) is 0 Å². The molecule has 156 valence electrons. The molecular formula is C23H22N6OS. The lowest BCUT2D eigenvalue weighted by atomic mass is 10.2. The van der Waals surface area contributed by atoms with Crippen LogP contribution in [0.25, 0.3) is 33.1 Å². The predicted molar refractivity (Wildman–Crippen MR) is 124 cm³/mol. The van der Waals surface area contributed by atoms with Crippen molar-refractivity contribution in [2.75, 3.05) is 5.32 Å². The van der Waals surface area contributed by atoms with Crippen molar-refractivity contribution in [3.05, 3.63) is 53.5 Å².